The molecule has 0 bridgehead atoms. The van der Waals surface area contributed by atoms with Gasteiger partial charge in [0.05, 0.1) is 24.2 Å². The van der Waals surface area contributed by atoms with Gasteiger partial charge in [-0.05, 0) is 23.7 Å². The van der Waals surface area contributed by atoms with Gasteiger partial charge in [-0.15, -0.1) is 0 Å². The van der Waals surface area contributed by atoms with Crippen LogP contribution in [0.25, 0.3) is 16.9 Å². The average Bonchev–Trinajstić information content (AvgIpc) is 3.02. The van der Waals surface area contributed by atoms with Crippen molar-refractivity contribution in [3.05, 3.63) is 41.4 Å². The summed E-state index contributed by atoms with van der Waals surface area (Å²) in [5.74, 6) is 0.477. The first-order valence-electron chi connectivity index (χ1n) is 7.76. The van der Waals surface area contributed by atoms with E-state index in [4.69, 9.17) is 16.3 Å². The molecule has 130 valence electrons. The van der Waals surface area contributed by atoms with Crippen molar-refractivity contribution in [2.24, 2.45) is 0 Å². The second-order valence-electron chi connectivity index (χ2n) is 5.55. The third-order valence-corrected chi connectivity index (χ3v) is 4.19. The van der Waals surface area contributed by atoms with Crippen LogP contribution in [0.4, 0.5) is 14.6 Å². The van der Waals surface area contributed by atoms with Gasteiger partial charge in [-0.25, -0.2) is 18.7 Å². The molecule has 1 aromatic carbocycles. The molecule has 4 rings (SSSR count). The summed E-state index contributed by atoms with van der Waals surface area (Å²) in [7, 11) is 0. The Labute approximate surface area is 147 Å². The summed E-state index contributed by atoms with van der Waals surface area (Å²) in [5, 5.41) is -0.00279. The van der Waals surface area contributed by atoms with Gasteiger partial charge in [-0.3, -0.25) is 4.57 Å². The molecule has 1 saturated heterocycles. The fraction of sp³-hybridized carbons (Fsp3) is 0.312. The topological polar surface area (TPSA) is 56.1 Å². The average molecular weight is 366 g/mol. The number of hydrogen-bond acceptors (Lipinski definition) is 5. The summed E-state index contributed by atoms with van der Waals surface area (Å²) < 4.78 is 33.7. The van der Waals surface area contributed by atoms with E-state index in [9.17, 15) is 8.78 Å². The molecule has 0 atom stereocenters. The highest BCUT2D eigenvalue weighted by atomic mass is 35.5. The first-order chi connectivity index (χ1) is 12.1. The lowest BCUT2D eigenvalue weighted by Gasteiger charge is -2.28. The van der Waals surface area contributed by atoms with Crippen LogP contribution in [0, 0.1) is 0 Å². The van der Waals surface area contributed by atoms with Crippen LogP contribution in [0.3, 0.4) is 0 Å². The fourth-order valence-electron chi connectivity index (χ4n) is 2.89. The number of morpholine rings is 1. The van der Waals surface area contributed by atoms with Gasteiger partial charge in [0.1, 0.15) is 11.6 Å². The van der Waals surface area contributed by atoms with E-state index in [-0.39, 0.29) is 16.9 Å². The predicted molar refractivity (Wildman–Crippen MR) is 89.7 cm³/mol. The molecule has 3 aromatic rings. The van der Waals surface area contributed by atoms with Gasteiger partial charge < -0.3 is 9.64 Å². The van der Waals surface area contributed by atoms with Crippen molar-refractivity contribution in [2.45, 2.75) is 6.43 Å². The summed E-state index contributed by atoms with van der Waals surface area (Å²) in [4.78, 5) is 14.4. The van der Waals surface area contributed by atoms with Crippen LogP contribution >= 0.6 is 11.6 Å². The van der Waals surface area contributed by atoms with Crippen LogP contribution in [0.2, 0.25) is 5.28 Å². The van der Waals surface area contributed by atoms with Crippen LogP contribution in [0.15, 0.2) is 30.3 Å². The monoisotopic (exact) mass is 365 g/mol. The van der Waals surface area contributed by atoms with E-state index in [1.54, 1.807) is 30.3 Å². The number of halogens is 3. The smallest absolute Gasteiger partial charge is 0.296 e. The van der Waals surface area contributed by atoms with Crippen LogP contribution in [0.5, 0.6) is 0 Å². The van der Waals surface area contributed by atoms with Crippen molar-refractivity contribution in [2.75, 3.05) is 31.2 Å². The molecule has 0 amide bonds. The Morgan fingerprint density at radius 3 is 2.52 bits per heavy atom. The molecule has 0 spiro atoms. The highest BCUT2D eigenvalue weighted by molar-refractivity contribution is 6.28. The molecule has 0 saturated carbocycles. The number of nitrogens with zero attached hydrogens (tertiary/aromatic N) is 5. The number of benzene rings is 1. The minimum Gasteiger partial charge on any atom is -0.378 e. The standard InChI is InChI=1S/C16H14ClF2N5O/c17-16-21-12(23-5-7-25-8-6-23)9-13(22-16)24-11-4-2-1-3-10(11)20-15(24)14(18)19/h1-4,9,14H,5-8H2. The zero-order chi connectivity index (χ0) is 17.4. The number of alkyl halides is 2. The molecule has 9 heteroatoms. The molecule has 0 aliphatic carbocycles. The van der Waals surface area contributed by atoms with E-state index < -0.39 is 6.43 Å². The molecular weight excluding hydrogens is 352 g/mol. The maximum atomic E-state index is 13.5. The fourth-order valence-corrected chi connectivity index (χ4v) is 3.07. The van der Waals surface area contributed by atoms with E-state index >= 15 is 0 Å². The second kappa shape index (κ2) is 6.53. The normalized spacial score (nSPS) is 15.3. The predicted octanol–water partition coefficient (Wildman–Crippen LogP) is 3.24. The minimum atomic E-state index is -2.74. The van der Waals surface area contributed by atoms with Crippen LogP contribution in [0.1, 0.15) is 12.2 Å². The Morgan fingerprint density at radius 2 is 1.76 bits per heavy atom. The van der Waals surface area contributed by atoms with E-state index in [1.807, 2.05) is 4.90 Å². The van der Waals surface area contributed by atoms with E-state index in [0.29, 0.717) is 43.2 Å². The maximum absolute atomic E-state index is 13.5. The van der Waals surface area contributed by atoms with Crippen molar-refractivity contribution in [3.8, 4) is 5.82 Å². The van der Waals surface area contributed by atoms with Crippen LogP contribution in [-0.4, -0.2) is 45.8 Å². The van der Waals surface area contributed by atoms with Crippen molar-refractivity contribution in [3.63, 3.8) is 0 Å². The highest BCUT2D eigenvalue weighted by Gasteiger charge is 2.22. The lowest BCUT2D eigenvalue weighted by atomic mass is 10.3. The Kier molecular flexibility index (Phi) is 4.22. The lowest BCUT2D eigenvalue weighted by molar-refractivity contribution is 0.122. The largest absolute Gasteiger partial charge is 0.378 e. The Bertz CT molecular complexity index is 911. The molecule has 0 radical (unpaired) electrons. The summed E-state index contributed by atoms with van der Waals surface area (Å²) >= 11 is 6.07. The lowest BCUT2D eigenvalue weighted by Crippen LogP contribution is -2.36. The maximum Gasteiger partial charge on any atom is 0.296 e. The number of imidazole rings is 1. The van der Waals surface area contributed by atoms with Crippen molar-refractivity contribution < 1.29 is 13.5 Å². The van der Waals surface area contributed by atoms with Crippen molar-refractivity contribution in [1.29, 1.82) is 0 Å². The molecule has 3 heterocycles. The van der Waals surface area contributed by atoms with Gasteiger partial charge >= 0.3 is 0 Å². The summed E-state index contributed by atoms with van der Waals surface area (Å²) in [6, 6.07) is 8.57. The van der Waals surface area contributed by atoms with Gasteiger partial charge in [-0.1, -0.05) is 12.1 Å². The van der Waals surface area contributed by atoms with Gasteiger partial charge in [0.15, 0.2) is 5.82 Å². The molecule has 2 aromatic heterocycles. The SMILES string of the molecule is FC(F)c1nc2ccccc2n1-c1cc(N2CCOCC2)nc(Cl)n1. The summed E-state index contributed by atoms with van der Waals surface area (Å²) in [6.07, 6.45) is -2.74. The third kappa shape index (κ3) is 3.03. The number of ether oxygens (including phenoxy) is 1. The second-order valence-corrected chi connectivity index (χ2v) is 5.89. The minimum absolute atomic E-state index is 0.00279. The molecule has 6 nitrogen and oxygen atoms in total. The Balaban J connectivity index is 1.88. The molecular formula is C16H14ClF2N5O. The van der Waals surface area contributed by atoms with E-state index in [0.717, 1.165) is 0 Å². The Hall–Kier alpha value is -2.32. The van der Waals surface area contributed by atoms with Gasteiger partial charge in [-0.2, -0.15) is 4.98 Å². The van der Waals surface area contributed by atoms with Crippen molar-refractivity contribution >= 4 is 28.5 Å². The number of rotatable bonds is 3. The van der Waals surface area contributed by atoms with Crippen molar-refractivity contribution in [1.82, 2.24) is 19.5 Å². The van der Waals surface area contributed by atoms with E-state index in [2.05, 4.69) is 15.0 Å². The zero-order valence-electron chi connectivity index (χ0n) is 13.1. The zero-order valence-corrected chi connectivity index (χ0v) is 13.8. The molecule has 1 fully saturated rings. The Morgan fingerprint density at radius 1 is 1.04 bits per heavy atom. The number of fused-ring (bicyclic) bond motifs is 1. The van der Waals surface area contributed by atoms with Crippen LogP contribution in [-0.2, 0) is 4.74 Å². The molecule has 25 heavy (non-hydrogen) atoms. The number of aromatic nitrogens is 4. The van der Waals surface area contributed by atoms with Gasteiger partial charge in [0, 0.05) is 19.2 Å². The summed E-state index contributed by atoms with van der Waals surface area (Å²) in [5.41, 5.74) is 1.01. The first-order valence-corrected chi connectivity index (χ1v) is 8.14. The quantitative estimate of drug-likeness (QED) is 0.667. The molecule has 0 unspecified atom stereocenters. The van der Waals surface area contributed by atoms with E-state index in [1.165, 1.54) is 4.57 Å². The molecule has 1 aliphatic heterocycles. The van der Waals surface area contributed by atoms with Gasteiger partial charge in [0.25, 0.3) is 6.43 Å². The highest BCUT2D eigenvalue weighted by Crippen LogP contribution is 2.29. The molecule has 0 N–H and O–H groups in total. The van der Waals surface area contributed by atoms with Crippen LogP contribution < -0.4 is 4.90 Å². The third-order valence-electron chi connectivity index (χ3n) is 4.02. The summed E-state index contributed by atoms with van der Waals surface area (Å²) in [6.45, 7) is 2.46. The first kappa shape index (κ1) is 16.2. The number of hydrogen-bond donors (Lipinski definition) is 0. The number of anilines is 1. The number of para-hydroxylation sites is 2. The van der Waals surface area contributed by atoms with Gasteiger partial charge in [0.2, 0.25) is 5.28 Å². The molecule has 1 aliphatic rings.